The van der Waals surface area contributed by atoms with E-state index in [1.165, 1.54) is 0 Å². The standard InChI is InChI=1S/C8H9F6NO2/c9-7(10,11)5(16)4-1-2-15(3-4)6(17)8(12,13)14/h4-5,16H,1-3H2/t4-,5-/m0/s1. The molecule has 9 heteroatoms. The van der Waals surface area contributed by atoms with Crippen LogP contribution in [0, 0.1) is 5.92 Å². The minimum absolute atomic E-state index is 0.277. The van der Waals surface area contributed by atoms with Crippen molar-refractivity contribution in [3.05, 3.63) is 0 Å². The van der Waals surface area contributed by atoms with E-state index in [0.29, 0.717) is 0 Å². The van der Waals surface area contributed by atoms with E-state index < -0.39 is 43.4 Å². The molecule has 1 saturated heterocycles. The van der Waals surface area contributed by atoms with E-state index in [9.17, 15) is 31.1 Å². The maximum absolute atomic E-state index is 12.1. The molecule has 0 aromatic heterocycles. The second kappa shape index (κ2) is 4.35. The van der Waals surface area contributed by atoms with Crippen molar-refractivity contribution in [3.8, 4) is 0 Å². The second-order valence-corrected chi connectivity index (χ2v) is 3.78. The number of aliphatic hydroxyl groups is 1. The van der Waals surface area contributed by atoms with E-state index >= 15 is 0 Å². The smallest absolute Gasteiger partial charge is 0.383 e. The lowest BCUT2D eigenvalue weighted by molar-refractivity contribution is -0.218. The number of carbonyl (C=O) groups is 1. The van der Waals surface area contributed by atoms with Crippen LogP contribution in [0.15, 0.2) is 0 Å². The van der Waals surface area contributed by atoms with Gasteiger partial charge in [0.05, 0.1) is 0 Å². The van der Waals surface area contributed by atoms with Gasteiger partial charge in [0.2, 0.25) is 0 Å². The molecule has 2 atom stereocenters. The van der Waals surface area contributed by atoms with Crippen molar-refractivity contribution in [2.24, 2.45) is 5.92 Å². The van der Waals surface area contributed by atoms with Crippen LogP contribution in [0.3, 0.4) is 0 Å². The maximum atomic E-state index is 12.1. The zero-order chi connectivity index (χ0) is 13.4. The van der Waals surface area contributed by atoms with E-state index in [4.69, 9.17) is 5.11 Å². The Balaban J connectivity index is 2.63. The third kappa shape index (κ3) is 3.24. The molecule has 1 rings (SSSR count). The summed E-state index contributed by atoms with van der Waals surface area (Å²) in [6, 6.07) is 0. The summed E-state index contributed by atoms with van der Waals surface area (Å²) in [5.41, 5.74) is 0. The summed E-state index contributed by atoms with van der Waals surface area (Å²) in [6.07, 6.45) is -13.0. The van der Waals surface area contributed by atoms with Gasteiger partial charge in [-0.05, 0) is 6.42 Å². The Morgan fingerprint density at radius 3 is 2.18 bits per heavy atom. The Hall–Kier alpha value is -0.990. The quantitative estimate of drug-likeness (QED) is 0.726. The minimum atomic E-state index is -5.10. The third-order valence-corrected chi connectivity index (χ3v) is 2.54. The molecule has 1 aliphatic heterocycles. The second-order valence-electron chi connectivity index (χ2n) is 3.78. The predicted molar refractivity (Wildman–Crippen MR) is 42.8 cm³/mol. The fourth-order valence-corrected chi connectivity index (χ4v) is 1.68. The molecular formula is C8H9F6NO2. The van der Waals surface area contributed by atoms with Crippen LogP contribution in [0.4, 0.5) is 26.3 Å². The van der Waals surface area contributed by atoms with E-state index in [0.717, 1.165) is 0 Å². The Morgan fingerprint density at radius 1 is 1.24 bits per heavy atom. The van der Waals surface area contributed by atoms with Crippen LogP contribution in [0.2, 0.25) is 0 Å². The fraction of sp³-hybridized carbons (Fsp3) is 0.875. The molecule has 0 aliphatic carbocycles. The van der Waals surface area contributed by atoms with Crippen molar-refractivity contribution in [2.75, 3.05) is 13.1 Å². The molecule has 1 N–H and O–H groups in total. The van der Waals surface area contributed by atoms with Gasteiger partial charge in [0.15, 0.2) is 6.10 Å². The summed E-state index contributed by atoms with van der Waals surface area (Å²) in [5.74, 6) is -3.57. The molecular weight excluding hydrogens is 256 g/mol. The number of hydrogen-bond donors (Lipinski definition) is 1. The summed E-state index contributed by atoms with van der Waals surface area (Å²) in [5, 5.41) is 8.84. The normalized spacial score (nSPS) is 23.9. The molecule has 0 bridgehead atoms. The number of halogens is 6. The molecule has 1 heterocycles. The molecule has 1 fully saturated rings. The van der Waals surface area contributed by atoms with Crippen molar-refractivity contribution in [1.82, 2.24) is 4.90 Å². The Kier molecular flexibility index (Phi) is 3.60. The highest BCUT2D eigenvalue weighted by Gasteiger charge is 2.49. The molecule has 0 aromatic rings. The van der Waals surface area contributed by atoms with Crippen LogP contribution in [0.5, 0.6) is 0 Å². The summed E-state index contributed by atoms with van der Waals surface area (Å²) < 4.78 is 72.2. The Bertz CT molecular complexity index is 299. The highest BCUT2D eigenvalue weighted by atomic mass is 19.4. The van der Waals surface area contributed by atoms with Crippen LogP contribution in [0.1, 0.15) is 6.42 Å². The van der Waals surface area contributed by atoms with Crippen LogP contribution in [0.25, 0.3) is 0 Å². The van der Waals surface area contributed by atoms with Crippen LogP contribution < -0.4 is 0 Å². The van der Waals surface area contributed by atoms with Crippen molar-refractivity contribution < 1.29 is 36.2 Å². The van der Waals surface area contributed by atoms with Crippen molar-refractivity contribution in [1.29, 1.82) is 0 Å². The monoisotopic (exact) mass is 265 g/mol. The lowest BCUT2D eigenvalue weighted by Crippen LogP contribution is -2.42. The van der Waals surface area contributed by atoms with Crippen molar-refractivity contribution in [3.63, 3.8) is 0 Å². The molecule has 100 valence electrons. The largest absolute Gasteiger partial charge is 0.471 e. The van der Waals surface area contributed by atoms with Gasteiger partial charge in [0.1, 0.15) is 0 Å². The first-order valence-corrected chi connectivity index (χ1v) is 4.64. The number of carbonyl (C=O) groups excluding carboxylic acids is 1. The number of aliphatic hydroxyl groups excluding tert-OH is 1. The van der Waals surface area contributed by atoms with E-state index in [1.54, 1.807) is 0 Å². The molecule has 0 spiro atoms. The average molecular weight is 265 g/mol. The van der Waals surface area contributed by atoms with Gasteiger partial charge < -0.3 is 10.0 Å². The highest BCUT2D eigenvalue weighted by Crippen LogP contribution is 2.32. The van der Waals surface area contributed by atoms with Crippen molar-refractivity contribution in [2.45, 2.75) is 24.9 Å². The van der Waals surface area contributed by atoms with Gasteiger partial charge in [0, 0.05) is 19.0 Å². The number of amides is 1. The first kappa shape index (κ1) is 14.1. The first-order valence-electron chi connectivity index (χ1n) is 4.64. The highest BCUT2D eigenvalue weighted by molar-refractivity contribution is 5.82. The van der Waals surface area contributed by atoms with Crippen molar-refractivity contribution >= 4 is 5.91 Å². The van der Waals surface area contributed by atoms with Gasteiger partial charge in [-0.3, -0.25) is 4.79 Å². The molecule has 0 radical (unpaired) electrons. The van der Waals surface area contributed by atoms with Crippen LogP contribution >= 0.6 is 0 Å². The zero-order valence-corrected chi connectivity index (χ0v) is 8.35. The summed E-state index contributed by atoms with van der Waals surface area (Å²) in [6.45, 7) is -1.17. The first-order chi connectivity index (χ1) is 7.53. The van der Waals surface area contributed by atoms with Gasteiger partial charge in [0.25, 0.3) is 0 Å². The van der Waals surface area contributed by atoms with E-state index in [2.05, 4.69) is 0 Å². The molecule has 1 amide bonds. The maximum Gasteiger partial charge on any atom is 0.471 e. The fourth-order valence-electron chi connectivity index (χ4n) is 1.68. The van der Waals surface area contributed by atoms with Crippen LogP contribution in [-0.2, 0) is 4.79 Å². The SMILES string of the molecule is O=C(N1CC[C@H]([C@H](O)C(F)(F)F)C1)C(F)(F)F. The Morgan fingerprint density at radius 2 is 1.76 bits per heavy atom. The topological polar surface area (TPSA) is 40.5 Å². The number of hydrogen-bond acceptors (Lipinski definition) is 2. The molecule has 0 saturated carbocycles. The average Bonchev–Trinajstić information content (AvgIpc) is 2.60. The van der Waals surface area contributed by atoms with Gasteiger partial charge in [-0.1, -0.05) is 0 Å². The number of likely N-dealkylation sites (tertiary alicyclic amines) is 1. The molecule has 0 aromatic carbocycles. The van der Waals surface area contributed by atoms with E-state index in [-0.39, 0.29) is 11.3 Å². The van der Waals surface area contributed by atoms with Gasteiger partial charge in [-0.25, -0.2) is 0 Å². The molecule has 17 heavy (non-hydrogen) atoms. The molecule has 3 nitrogen and oxygen atoms in total. The number of nitrogens with zero attached hydrogens (tertiary/aromatic N) is 1. The summed E-state index contributed by atoms with van der Waals surface area (Å²) in [4.78, 5) is 11.0. The van der Waals surface area contributed by atoms with E-state index in [1.807, 2.05) is 0 Å². The van der Waals surface area contributed by atoms with Crippen LogP contribution in [-0.4, -0.2) is 47.5 Å². The lowest BCUT2D eigenvalue weighted by Gasteiger charge is -2.22. The minimum Gasteiger partial charge on any atom is -0.383 e. The van der Waals surface area contributed by atoms with Gasteiger partial charge in [-0.2, -0.15) is 26.3 Å². The summed E-state index contributed by atoms with van der Waals surface area (Å²) >= 11 is 0. The number of rotatable bonds is 1. The zero-order valence-electron chi connectivity index (χ0n) is 8.35. The van der Waals surface area contributed by atoms with Gasteiger partial charge in [-0.15, -0.1) is 0 Å². The third-order valence-electron chi connectivity index (χ3n) is 2.54. The molecule has 0 unspecified atom stereocenters. The van der Waals surface area contributed by atoms with Gasteiger partial charge >= 0.3 is 18.3 Å². The lowest BCUT2D eigenvalue weighted by atomic mass is 10.0. The molecule has 1 aliphatic rings. The predicted octanol–water partition coefficient (Wildman–Crippen LogP) is 1.32. The summed E-state index contributed by atoms with van der Waals surface area (Å²) in [7, 11) is 0. The number of alkyl halides is 6. The Labute approximate surface area is 92.0 Å².